The lowest BCUT2D eigenvalue weighted by atomic mass is 10.2. The molecule has 0 amide bonds. The van der Waals surface area contributed by atoms with Gasteiger partial charge in [0, 0.05) is 0 Å². The lowest BCUT2D eigenvalue weighted by Crippen LogP contribution is -1.90. The summed E-state index contributed by atoms with van der Waals surface area (Å²) in [6.45, 7) is 5.47. The van der Waals surface area contributed by atoms with Gasteiger partial charge in [-0.25, -0.2) is 0 Å². The molecule has 0 atom stereocenters. The van der Waals surface area contributed by atoms with Crippen LogP contribution in [0.5, 0.6) is 0 Å². The highest BCUT2D eigenvalue weighted by atomic mass is 16.4. The Balaban J connectivity index is 3.38. The molecule has 0 aromatic carbocycles. The largest absolute Gasteiger partial charge is 0.411 e. The molecule has 0 spiro atoms. The zero-order valence-corrected chi connectivity index (χ0v) is 4.52. The van der Waals surface area contributed by atoms with Crippen molar-refractivity contribution in [2.45, 2.75) is 19.8 Å². The average molecular weight is 100 g/mol. The van der Waals surface area contributed by atoms with Crippen molar-refractivity contribution in [1.82, 2.24) is 0 Å². The molecule has 0 aromatic rings. The lowest BCUT2D eigenvalue weighted by Gasteiger charge is -1.89. The maximum absolute atomic E-state index is 8.07. The van der Waals surface area contributed by atoms with Crippen LogP contribution in [-0.4, -0.2) is 10.9 Å². The van der Waals surface area contributed by atoms with Gasteiger partial charge in [-0.05, 0) is 19.8 Å². The third-order valence-electron chi connectivity index (χ3n) is 0.838. The van der Waals surface area contributed by atoms with Gasteiger partial charge in [0.05, 0.1) is 5.71 Å². The summed E-state index contributed by atoms with van der Waals surface area (Å²) >= 11 is 0. The van der Waals surface area contributed by atoms with Gasteiger partial charge in [0.2, 0.25) is 0 Å². The van der Waals surface area contributed by atoms with Crippen LogP contribution >= 0.6 is 0 Å². The summed E-state index contributed by atoms with van der Waals surface area (Å²) in [7, 11) is 0. The molecular weight excluding hydrogens is 90.1 g/mol. The quantitative estimate of drug-likeness (QED) is 0.318. The van der Waals surface area contributed by atoms with Gasteiger partial charge >= 0.3 is 0 Å². The monoisotopic (exact) mass is 100 g/mol. The van der Waals surface area contributed by atoms with Gasteiger partial charge in [0.15, 0.2) is 0 Å². The Morgan fingerprint density at radius 1 is 1.86 bits per heavy atom. The summed E-state index contributed by atoms with van der Waals surface area (Å²) in [5.74, 6) is 0. The van der Waals surface area contributed by atoms with Crippen molar-refractivity contribution in [3.8, 4) is 0 Å². The molecule has 41 valence electrons. The third-order valence-corrected chi connectivity index (χ3v) is 0.838. The number of rotatable bonds is 2. The zero-order chi connectivity index (χ0) is 5.70. The van der Waals surface area contributed by atoms with Crippen molar-refractivity contribution in [2.24, 2.45) is 5.16 Å². The summed E-state index contributed by atoms with van der Waals surface area (Å²) in [4.78, 5) is 0. The predicted molar refractivity (Wildman–Crippen MR) is 29.5 cm³/mol. The van der Waals surface area contributed by atoms with Crippen LogP contribution in [0.3, 0.4) is 0 Å². The predicted octanol–water partition coefficient (Wildman–Crippen LogP) is 1.45. The van der Waals surface area contributed by atoms with E-state index in [1.807, 2.05) is 6.92 Å². The fourth-order valence-corrected chi connectivity index (χ4v) is 0.297. The SMILES string of the molecule is [CH2]CC(CC)=NO. The van der Waals surface area contributed by atoms with Crippen molar-refractivity contribution in [2.75, 3.05) is 0 Å². The first-order valence-electron chi connectivity index (χ1n) is 2.34. The van der Waals surface area contributed by atoms with E-state index in [4.69, 9.17) is 5.21 Å². The van der Waals surface area contributed by atoms with Gasteiger partial charge in [-0.2, -0.15) is 0 Å². The second-order valence-corrected chi connectivity index (χ2v) is 1.27. The fraction of sp³-hybridized carbons (Fsp3) is 0.600. The van der Waals surface area contributed by atoms with Gasteiger partial charge in [-0.15, -0.1) is 0 Å². The van der Waals surface area contributed by atoms with Crippen molar-refractivity contribution in [3.63, 3.8) is 0 Å². The number of hydrogen-bond acceptors (Lipinski definition) is 2. The molecular formula is C5H10NO. The molecule has 0 aromatic heterocycles. The molecule has 1 N–H and O–H groups in total. The second kappa shape index (κ2) is 3.65. The van der Waals surface area contributed by atoms with Crippen molar-refractivity contribution in [1.29, 1.82) is 0 Å². The average Bonchev–Trinajstić information content (AvgIpc) is 1.72. The molecule has 0 bridgehead atoms. The van der Waals surface area contributed by atoms with Crippen LogP contribution in [0, 0.1) is 6.92 Å². The molecule has 1 radical (unpaired) electrons. The van der Waals surface area contributed by atoms with E-state index in [1.54, 1.807) is 0 Å². The number of hydrogen-bond donors (Lipinski definition) is 1. The van der Waals surface area contributed by atoms with E-state index in [1.165, 1.54) is 0 Å². The van der Waals surface area contributed by atoms with E-state index in [-0.39, 0.29) is 0 Å². The van der Waals surface area contributed by atoms with Crippen LogP contribution < -0.4 is 0 Å². The first-order valence-corrected chi connectivity index (χ1v) is 2.34. The van der Waals surface area contributed by atoms with E-state index >= 15 is 0 Å². The number of nitrogens with zero attached hydrogens (tertiary/aromatic N) is 1. The summed E-state index contributed by atoms with van der Waals surface area (Å²) in [6, 6.07) is 0. The van der Waals surface area contributed by atoms with E-state index in [9.17, 15) is 0 Å². The summed E-state index contributed by atoms with van der Waals surface area (Å²) in [6.07, 6.45) is 1.40. The first-order chi connectivity index (χ1) is 3.35. The Hall–Kier alpha value is -0.530. The Morgan fingerprint density at radius 3 is 2.43 bits per heavy atom. The van der Waals surface area contributed by atoms with Crippen LogP contribution in [0.15, 0.2) is 5.16 Å². The smallest absolute Gasteiger partial charge is 0.0568 e. The van der Waals surface area contributed by atoms with Gasteiger partial charge in [0.1, 0.15) is 0 Å². The topological polar surface area (TPSA) is 32.6 Å². The molecule has 0 saturated carbocycles. The maximum Gasteiger partial charge on any atom is 0.0568 e. The molecule has 7 heavy (non-hydrogen) atoms. The molecule has 0 rings (SSSR count). The normalized spacial score (nSPS) is 12.0. The minimum atomic E-state index is 0.604. The van der Waals surface area contributed by atoms with Crippen LogP contribution in [0.1, 0.15) is 19.8 Å². The molecule has 2 nitrogen and oxygen atoms in total. The van der Waals surface area contributed by atoms with Crippen LogP contribution in [-0.2, 0) is 0 Å². The molecule has 0 fully saturated rings. The summed E-state index contributed by atoms with van der Waals surface area (Å²) < 4.78 is 0. The van der Waals surface area contributed by atoms with Crippen LogP contribution in [0.25, 0.3) is 0 Å². The van der Waals surface area contributed by atoms with Crippen molar-refractivity contribution < 1.29 is 5.21 Å². The van der Waals surface area contributed by atoms with E-state index in [0.717, 1.165) is 12.1 Å². The highest BCUT2D eigenvalue weighted by Gasteiger charge is 1.87. The maximum atomic E-state index is 8.07. The van der Waals surface area contributed by atoms with Crippen LogP contribution in [0.2, 0.25) is 0 Å². The third kappa shape index (κ3) is 2.20. The highest BCUT2D eigenvalue weighted by Crippen LogP contribution is 1.87. The minimum Gasteiger partial charge on any atom is -0.411 e. The van der Waals surface area contributed by atoms with Gasteiger partial charge < -0.3 is 5.21 Å². The van der Waals surface area contributed by atoms with E-state index < -0.39 is 0 Å². The summed E-state index contributed by atoms with van der Waals surface area (Å²) in [5, 5.41) is 11.1. The Bertz CT molecular complexity index is 62.5. The molecule has 0 unspecified atom stereocenters. The van der Waals surface area contributed by atoms with Crippen molar-refractivity contribution in [3.05, 3.63) is 6.92 Å². The van der Waals surface area contributed by atoms with Gasteiger partial charge in [-0.3, -0.25) is 0 Å². The molecule has 0 heterocycles. The molecule has 0 saturated heterocycles. The number of oxime groups is 1. The van der Waals surface area contributed by atoms with Crippen LogP contribution in [0.4, 0.5) is 0 Å². The molecule has 0 aliphatic rings. The van der Waals surface area contributed by atoms with Gasteiger partial charge in [-0.1, -0.05) is 12.1 Å². The second-order valence-electron chi connectivity index (χ2n) is 1.27. The molecule has 0 aliphatic heterocycles. The summed E-state index contributed by atoms with van der Waals surface area (Å²) in [5.41, 5.74) is 0.750. The Kier molecular flexibility index (Phi) is 3.38. The standard InChI is InChI=1S/C5H10NO/c1-3-5(4-2)6-7/h7H,1,3-4H2,2H3. The zero-order valence-electron chi connectivity index (χ0n) is 4.52. The van der Waals surface area contributed by atoms with Crippen molar-refractivity contribution >= 4 is 5.71 Å². The Labute approximate surface area is 43.8 Å². The minimum absolute atomic E-state index is 0.604. The molecule has 2 heteroatoms. The van der Waals surface area contributed by atoms with E-state index in [0.29, 0.717) is 6.42 Å². The Morgan fingerprint density at radius 2 is 2.43 bits per heavy atom. The lowest BCUT2D eigenvalue weighted by molar-refractivity contribution is 0.317. The first kappa shape index (κ1) is 6.47. The highest BCUT2D eigenvalue weighted by molar-refractivity contribution is 5.83. The molecule has 0 aliphatic carbocycles. The fourth-order valence-electron chi connectivity index (χ4n) is 0.297. The van der Waals surface area contributed by atoms with Gasteiger partial charge in [0.25, 0.3) is 0 Å². The van der Waals surface area contributed by atoms with E-state index in [2.05, 4.69) is 12.1 Å².